The SMILES string of the molecule is CCC(C)C(NC(=O)OCC1c2ccccc2-c2ccccc21)C(=O)N1CCCC[C@H]1CC(=O)O. The number of likely N-dealkylation sites (tertiary alicyclic amines) is 1. The van der Waals surface area contributed by atoms with E-state index >= 15 is 0 Å². The highest BCUT2D eigenvalue weighted by molar-refractivity contribution is 5.87. The zero-order valence-electron chi connectivity index (χ0n) is 20.4. The third-order valence-electron chi connectivity index (χ3n) is 7.42. The maximum atomic E-state index is 13.5. The first-order chi connectivity index (χ1) is 16.9. The summed E-state index contributed by atoms with van der Waals surface area (Å²) in [5.41, 5.74) is 4.56. The van der Waals surface area contributed by atoms with Crippen molar-refractivity contribution < 1.29 is 24.2 Å². The van der Waals surface area contributed by atoms with Crippen molar-refractivity contribution in [2.24, 2.45) is 5.92 Å². The van der Waals surface area contributed by atoms with E-state index in [0.717, 1.165) is 35.1 Å². The Bertz CT molecular complexity index is 1040. The van der Waals surface area contributed by atoms with Gasteiger partial charge >= 0.3 is 12.1 Å². The number of carboxylic acid groups (broad SMARTS) is 1. The Labute approximate surface area is 206 Å². The van der Waals surface area contributed by atoms with Crippen LogP contribution in [0.1, 0.15) is 63.0 Å². The minimum Gasteiger partial charge on any atom is -0.481 e. The van der Waals surface area contributed by atoms with Crippen molar-refractivity contribution in [3.8, 4) is 11.1 Å². The normalized spacial score (nSPS) is 18.8. The smallest absolute Gasteiger partial charge is 0.407 e. The molecule has 2 amide bonds. The van der Waals surface area contributed by atoms with E-state index in [4.69, 9.17) is 4.74 Å². The number of fused-ring (bicyclic) bond motifs is 3. The first-order valence-electron chi connectivity index (χ1n) is 12.5. The third kappa shape index (κ3) is 5.34. The highest BCUT2D eigenvalue weighted by atomic mass is 16.5. The quantitative estimate of drug-likeness (QED) is 0.568. The van der Waals surface area contributed by atoms with Crippen LogP contribution in [0.15, 0.2) is 48.5 Å². The number of amides is 2. The molecule has 0 saturated carbocycles. The van der Waals surface area contributed by atoms with E-state index in [1.807, 2.05) is 38.1 Å². The van der Waals surface area contributed by atoms with Crippen LogP contribution in [0.2, 0.25) is 0 Å². The van der Waals surface area contributed by atoms with Crippen LogP contribution in [0.25, 0.3) is 11.1 Å². The number of carbonyl (C=O) groups excluding carboxylic acids is 2. The van der Waals surface area contributed by atoms with E-state index in [0.29, 0.717) is 19.4 Å². The lowest BCUT2D eigenvalue weighted by molar-refractivity contribution is -0.143. The fraction of sp³-hybridized carbons (Fsp3) is 0.464. The maximum absolute atomic E-state index is 13.5. The van der Waals surface area contributed by atoms with Crippen LogP contribution in [0.3, 0.4) is 0 Å². The number of hydrogen-bond acceptors (Lipinski definition) is 4. The second-order valence-corrected chi connectivity index (χ2v) is 9.61. The van der Waals surface area contributed by atoms with Crippen LogP contribution in [0.4, 0.5) is 4.79 Å². The van der Waals surface area contributed by atoms with Crippen molar-refractivity contribution in [2.45, 2.75) is 64.0 Å². The molecule has 0 bridgehead atoms. The van der Waals surface area contributed by atoms with Crippen LogP contribution < -0.4 is 5.32 Å². The molecule has 186 valence electrons. The van der Waals surface area contributed by atoms with Crippen LogP contribution in [0, 0.1) is 5.92 Å². The summed E-state index contributed by atoms with van der Waals surface area (Å²) in [6.07, 6.45) is 2.38. The second-order valence-electron chi connectivity index (χ2n) is 9.61. The Morgan fingerprint density at radius 2 is 1.69 bits per heavy atom. The van der Waals surface area contributed by atoms with Crippen molar-refractivity contribution in [1.29, 1.82) is 0 Å². The molecule has 1 fully saturated rings. The van der Waals surface area contributed by atoms with Crippen LogP contribution >= 0.6 is 0 Å². The Hall–Kier alpha value is -3.35. The topological polar surface area (TPSA) is 95.9 Å². The number of aliphatic carboxylic acids is 1. The summed E-state index contributed by atoms with van der Waals surface area (Å²) >= 11 is 0. The average molecular weight is 479 g/mol. The molecule has 7 heteroatoms. The monoisotopic (exact) mass is 478 g/mol. The summed E-state index contributed by atoms with van der Waals surface area (Å²) in [5.74, 6) is -1.32. The zero-order chi connectivity index (χ0) is 24.9. The summed E-state index contributed by atoms with van der Waals surface area (Å²) in [7, 11) is 0. The van der Waals surface area contributed by atoms with E-state index in [1.54, 1.807) is 4.90 Å². The number of nitrogens with one attached hydrogen (secondary N) is 1. The molecule has 2 aromatic carbocycles. The van der Waals surface area contributed by atoms with E-state index in [2.05, 4.69) is 29.6 Å². The van der Waals surface area contributed by atoms with Gasteiger partial charge in [-0.25, -0.2) is 4.79 Å². The number of alkyl carbamates (subject to hydrolysis) is 1. The largest absolute Gasteiger partial charge is 0.481 e. The van der Waals surface area contributed by atoms with Gasteiger partial charge in [-0.05, 0) is 47.4 Å². The Kier molecular flexibility index (Phi) is 7.73. The van der Waals surface area contributed by atoms with Crippen LogP contribution in [0.5, 0.6) is 0 Å². The Balaban J connectivity index is 1.45. The molecule has 2 N–H and O–H groups in total. The van der Waals surface area contributed by atoms with E-state index < -0.39 is 18.1 Å². The molecular formula is C28H34N2O5. The molecule has 35 heavy (non-hydrogen) atoms. The Morgan fingerprint density at radius 3 is 2.29 bits per heavy atom. The highest BCUT2D eigenvalue weighted by Gasteiger charge is 2.36. The van der Waals surface area contributed by atoms with Gasteiger partial charge in [0, 0.05) is 18.5 Å². The van der Waals surface area contributed by atoms with Crippen molar-refractivity contribution >= 4 is 18.0 Å². The van der Waals surface area contributed by atoms with Crippen molar-refractivity contribution in [1.82, 2.24) is 10.2 Å². The highest BCUT2D eigenvalue weighted by Crippen LogP contribution is 2.44. The van der Waals surface area contributed by atoms with Gasteiger partial charge in [0.05, 0.1) is 6.42 Å². The molecule has 0 aromatic heterocycles. The summed E-state index contributed by atoms with van der Waals surface area (Å²) in [5, 5.41) is 12.1. The first kappa shape index (κ1) is 24.8. The van der Waals surface area contributed by atoms with Gasteiger partial charge in [0.1, 0.15) is 12.6 Å². The Morgan fingerprint density at radius 1 is 1.06 bits per heavy atom. The number of carbonyl (C=O) groups is 3. The van der Waals surface area contributed by atoms with Gasteiger partial charge in [0.25, 0.3) is 0 Å². The number of benzene rings is 2. The summed E-state index contributed by atoms with van der Waals surface area (Å²) in [4.78, 5) is 39.4. The molecule has 3 atom stereocenters. The first-order valence-corrected chi connectivity index (χ1v) is 12.5. The average Bonchev–Trinajstić information content (AvgIpc) is 3.19. The van der Waals surface area contributed by atoms with Crippen molar-refractivity contribution in [3.05, 3.63) is 59.7 Å². The molecule has 0 radical (unpaired) electrons. The number of hydrogen-bond donors (Lipinski definition) is 2. The predicted octanol–water partition coefficient (Wildman–Crippen LogP) is 4.80. The maximum Gasteiger partial charge on any atom is 0.407 e. The van der Waals surface area contributed by atoms with Crippen LogP contribution in [-0.4, -0.2) is 53.2 Å². The molecule has 7 nitrogen and oxygen atoms in total. The van der Waals surface area contributed by atoms with Crippen molar-refractivity contribution in [3.63, 3.8) is 0 Å². The number of rotatable bonds is 8. The minimum absolute atomic E-state index is 0.0621. The number of nitrogens with zero attached hydrogens (tertiary/aromatic N) is 1. The lowest BCUT2D eigenvalue weighted by Gasteiger charge is -2.38. The molecule has 2 unspecified atom stereocenters. The molecule has 0 spiro atoms. The van der Waals surface area contributed by atoms with Crippen molar-refractivity contribution in [2.75, 3.05) is 13.2 Å². The van der Waals surface area contributed by atoms with E-state index in [9.17, 15) is 19.5 Å². The number of piperidine rings is 1. The predicted molar refractivity (Wildman–Crippen MR) is 133 cm³/mol. The van der Waals surface area contributed by atoms with Gasteiger partial charge in [-0.2, -0.15) is 0 Å². The molecule has 1 heterocycles. The lowest BCUT2D eigenvalue weighted by atomic mass is 9.94. The molecule has 4 rings (SSSR count). The van der Waals surface area contributed by atoms with E-state index in [1.165, 1.54) is 0 Å². The van der Waals surface area contributed by atoms with Gasteiger partial charge in [-0.1, -0.05) is 68.8 Å². The summed E-state index contributed by atoms with van der Waals surface area (Å²) in [6, 6.07) is 15.2. The van der Waals surface area contributed by atoms with Crippen LogP contribution in [-0.2, 0) is 14.3 Å². The molecule has 1 aliphatic heterocycles. The van der Waals surface area contributed by atoms with Gasteiger partial charge in [-0.3, -0.25) is 9.59 Å². The second kappa shape index (κ2) is 10.9. The third-order valence-corrected chi connectivity index (χ3v) is 7.42. The summed E-state index contributed by atoms with van der Waals surface area (Å²) in [6.45, 7) is 4.57. The zero-order valence-corrected chi connectivity index (χ0v) is 20.4. The molecular weight excluding hydrogens is 444 g/mol. The molecule has 1 saturated heterocycles. The summed E-state index contributed by atoms with van der Waals surface area (Å²) < 4.78 is 5.68. The van der Waals surface area contributed by atoms with E-state index in [-0.39, 0.29) is 36.8 Å². The van der Waals surface area contributed by atoms with Gasteiger partial charge in [0.15, 0.2) is 0 Å². The molecule has 2 aliphatic rings. The lowest BCUT2D eigenvalue weighted by Crippen LogP contribution is -2.56. The fourth-order valence-corrected chi connectivity index (χ4v) is 5.33. The minimum atomic E-state index is -0.917. The van der Waals surface area contributed by atoms with Gasteiger partial charge in [0.2, 0.25) is 5.91 Å². The molecule has 2 aromatic rings. The van der Waals surface area contributed by atoms with Gasteiger partial charge in [-0.15, -0.1) is 0 Å². The van der Waals surface area contributed by atoms with Gasteiger partial charge < -0.3 is 20.1 Å². The fourth-order valence-electron chi connectivity index (χ4n) is 5.33. The molecule has 1 aliphatic carbocycles. The number of carboxylic acids is 1. The standard InChI is InChI=1S/C28H34N2O5/c1-3-18(2)26(27(33)30-15-9-8-10-19(30)16-25(31)32)29-28(34)35-17-24-22-13-6-4-11-20(22)21-12-5-7-14-23(21)24/h4-7,11-14,18-19,24,26H,3,8-10,15-17H2,1-2H3,(H,29,34)(H,31,32)/t18?,19-,26?/m0/s1. The number of ether oxygens (including phenoxy) is 1.